The maximum atomic E-state index is 2.33. The molecule has 0 bridgehead atoms. The highest BCUT2D eigenvalue weighted by Crippen LogP contribution is 2.41. The first-order chi connectivity index (χ1) is 6.45. The van der Waals surface area contributed by atoms with Gasteiger partial charge < -0.3 is 0 Å². The zero-order chi connectivity index (χ0) is 8.67. The molecule has 0 saturated heterocycles. The molecule has 0 aromatic heterocycles. The molecule has 3 rings (SSSR count). The molecule has 2 aliphatic rings. The van der Waals surface area contributed by atoms with Gasteiger partial charge in [-0.1, -0.05) is 18.2 Å². The molecule has 0 nitrogen and oxygen atoms in total. The van der Waals surface area contributed by atoms with E-state index in [2.05, 4.69) is 30.0 Å². The van der Waals surface area contributed by atoms with Gasteiger partial charge in [-0.2, -0.15) is 11.8 Å². The van der Waals surface area contributed by atoms with Crippen molar-refractivity contribution in [2.24, 2.45) is 0 Å². The second kappa shape index (κ2) is 3.06. The summed E-state index contributed by atoms with van der Waals surface area (Å²) in [4.78, 5) is 0. The number of hydrogen-bond donors (Lipinski definition) is 0. The summed E-state index contributed by atoms with van der Waals surface area (Å²) in [6.45, 7) is 0. The van der Waals surface area contributed by atoms with Crippen molar-refractivity contribution < 1.29 is 0 Å². The summed E-state index contributed by atoms with van der Waals surface area (Å²) in [6, 6.07) is 6.90. The number of benzene rings is 1. The smallest absolute Gasteiger partial charge is 0.0187 e. The van der Waals surface area contributed by atoms with Crippen molar-refractivity contribution in [2.45, 2.75) is 30.9 Å². The molecule has 1 aliphatic carbocycles. The van der Waals surface area contributed by atoms with Crippen molar-refractivity contribution in [1.82, 2.24) is 0 Å². The minimum atomic E-state index is 0.888. The van der Waals surface area contributed by atoms with Crippen LogP contribution in [0.3, 0.4) is 0 Å². The van der Waals surface area contributed by atoms with E-state index in [1.54, 1.807) is 16.7 Å². The summed E-state index contributed by atoms with van der Waals surface area (Å²) in [5, 5.41) is 0. The van der Waals surface area contributed by atoms with Crippen LogP contribution in [0.2, 0.25) is 0 Å². The summed E-state index contributed by atoms with van der Waals surface area (Å²) < 4.78 is 0. The fourth-order valence-electron chi connectivity index (χ4n) is 2.70. The average Bonchev–Trinajstić information content (AvgIpc) is 2.19. The zero-order valence-corrected chi connectivity index (χ0v) is 8.57. The highest BCUT2D eigenvalue weighted by Gasteiger charge is 2.25. The predicted octanol–water partition coefficient (Wildman–Crippen LogP) is 3.35. The molecule has 1 atom stereocenters. The number of thioether (sulfide) groups is 1. The van der Waals surface area contributed by atoms with Crippen molar-refractivity contribution in [3.8, 4) is 0 Å². The first-order valence-electron chi connectivity index (χ1n) is 5.13. The van der Waals surface area contributed by atoms with E-state index >= 15 is 0 Å². The fraction of sp³-hybridized carbons (Fsp3) is 0.500. The molecule has 0 fully saturated rings. The first-order valence-corrected chi connectivity index (χ1v) is 6.29. The summed E-state index contributed by atoms with van der Waals surface area (Å²) in [7, 11) is 0. The highest BCUT2D eigenvalue weighted by atomic mass is 32.2. The summed E-state index contributed by atoms with van der Waals surface area (Å²) in [6.07, 6.45) is 4.16. The lowest BCUT2D eigenvalue weighted by Gasteiger charge is -2.31. The number of aryl methyl sites for hydroxylation is 1. The third-order valence-corrected chi connectivity index (χ3v) is 4.42. The van der Waals surface area contributed by atoms with Crippen molar-refractivity contribution >= 4 is 11.8 Å². The standard InChI is InChI=1S/C12H14S/c1-3-9-4-2-6-11-8-13-7-10(5-1)12(9)11/h1,3,5,11H,2,4,6-8H2. The topological polar surface area (TPSA) is 0 Å². The Morgan fingerprint density at radius 2 is 2.15 bits per heavy atom. The molecule has 1 aliphatic heterocycles. The Balaban J connectivity index is 2.18. The van der Waals surface area contributed by atoms with Crippen LogP contribution in [0.5, 0.6) is 0 Å². The van der Waals surface area contributed by atoms with E-state index < -0.39 is 0 Å². The van der Waals surface area contributed by atoms with Crippen LogP contribution in [0.25, 0.3) is 0 Å². The molecular weight excluding hydrogens is 176 g/mol. The Labute approximate surface area is 83.7 Å². The molecule has 0 radical (unpaired) electrons. The van der Waals surface area contributed by atoms with Crippen LogP contribution in [0, 0.1) is 0 Å². The van der Waals surface area contributed by atoms with Gasteiger partial charge >= 0.3 is 0 Å². The first kappa shape index (κ1) is 7.93. The quantitative estimate of drug-likeness (QED) is 0.604. The van der Waals surface area contributed by atoms with Gasteiger partial charge in [0, 0.05) is 11.5 Å². The van der Waals surface area contributed by atoms with Gasteiger partial charge in [-0.15, -0.1) is 0 Å². The maximum absolute atomic E-state index is 2.33. The van der Waals surface area contributed by atoms with Gasteiger partial charge in [-0.3, -0.25) is 0 Å². The Kier molecular flexibility index (Phi) is 1.86. The Hall–Kier alpha value is -0.430. The SMILES string of the molecule is c1cc2c3c(c1)CSCC3CCC2. The lowest BCUT2D eigenvalue weighted by atomic mass is 9.81. The Morgan fingerprint density at radius 1 is 1.23 bits per heavy atom. The average molecular weight is 190 g/mol. The van der Waals surface area contributed by atoms with E-state index in [9.17, 15) is 0 Å². The van der Waals surface area contributed by atoms with Gasteiger partial charge in [0.05, 0.1) is 0 Å². The van der Waals surface area contributed by atoms with Crippen molar-refractivity contribution in [3.05, 3.63) is 34.9 Å². The van der Waals surface area contributed by atoms with E-state index in [0.29, 0.717) is 0 Å². The number of hydrogen-bond acceptors (Lipinski definition) is 1. The zero-order valence-electron chi connectivity index (χ0n) is 7.75. The molecule has 1 heterocycles. The van der Waals surface area contributed by atoms with Gasteiger partial charge in [0.2, 0.25) is 0 Å². The number of rotatable bonds is 0. The van der Waals surface area contributed by atoms with Crippen LogP contribution < -0.4 is 0 Å². The third kappa shape index (κ3) is 1.21. The Bertz CT molecular complexity index is 302. The lowest BCUT2D eigenvalue weighted by Crippen LogP contribution is -2.17. The minimum Gasteiger partial charge on any atom is -0.157 e. The molecule has 0 saturated carbocycles. The monoisotopic (exact) mass is 190 g/mol. The predicted molar refractivity (Wildman–Crippen MR) is 58.3 cm³/mol. The van der Waals surface area contributed by atoms with Crippen LogP contribution in [-0.4, -0.2) is 5.75 Å². The molecule has 0 N–H and O–H groups in total. The summed E-state index contributed by atoms with van der Waals surface area (Å²) in [5.74, 6) is 3.50. The van der Waals surface area contributed by atoms with Crippen LogP contribution in [0.15, 0.2) is 18.2 Å². The van der Waals surface area contributed by atoms with Crippen LogP contribution in [-0.2, 0) is 12.2 Å². The molecule has 1 heteroatoms. The van der Waals surface area contributed by atoms with Crippen LogP contribution in [0.4, 0.5) is 0 Å². The van der Waals surface area contributed by atoms with Crippen LogP contribution in [0.1, 0.15) is 35.4 Å². The van der Waals surface area contributed by atoms with E-state index in [1.807, 2.05) is 0 Å². The molecular formula is C12H14S. The second-order valence-corrected chi connectivity index (χ2v) is 5.12. The summed E-state index contributed by atoms with van der Waals surface area (Å²) in [5.41, 5.74) is 5.00. The van der Waals surface area contributed by atoms with Crippen LogP contribution >= 0.6 is 11.8 Å². The summed E-state index contributed by atoms with van der Waals surface area (Å²) >= 11 is 2.11. The second-order valence-electron chi connectivity index (χ2n) is 4.09. The van der Waals surface area contributed by atoms with Crippen molar-refractivity contribution in [2.75, 3.05) is 5.75 Å². The molecule has 13 heavy (non-hydrogen) atoms. The third-order valence-electron chi connectivity index (χ3n) is 3.27. The molecule has 1 unspecified atom stereocenters. The van der Waals surface area contributed by atoms with Gasteiger partial charge in [-0.05, 0) is 41.9 Å². The fourth-order valence-corrected chi connectivity index (χ4v) is 3.90. The normalized spacial score (nSPS) is 25.4. The van der Waals surface area contributed by atoms with Gasteiger partial charge in [0.15, 0.2) is 0 Å². The highest BCUT2D eigenvalue weighted by molar-refractivity contribution is 7.98. The molecule has 1 aromatic rings. The Morgan fingerprint density at radius 3 is 3.15 bits per heavy atom. The molecule has 0 amide bonds. The van der Waals surface area contributed by atoms with Crippen molar-refractivity contribution in [3.63, 3.8) is 0 Å². The lowest BCUT2D eigenvalue weighted by molar-refractivity contribution is 0.588. The van der Waals surface area contributed by atoms with E-state index in [1.165, 1.54) is 30.8 Å². The minimum absolute atomic E-state index is 0.888. The molecule has 68 valence electrons. The largest absolute Gasteiger partial charge is 0.157 e. The maximum Gasteiger partial charge on any atom is 0.0187 e. The van der Waals surface area contributed by atoms with E-state index in [0.717, 1.165) is 5.92 Å². The van der Waals surface area contributed by atoms with Gasteiger partial charge in [-0.25, -0.2) is 0 Å². The van der Waals surface area contributed by atoms with E-state index in [-0.39, 0.29) is 0 Å². The van der Waals surface area contributed by atoms with Gasteiger partial charge in [0.1, 0.15) is 0 Å². The molecule has 1 aromatic carbocycles. The van der Waals surface area contributed by atoms with Crippen molar-refractivity contribution in [1.29, 1.82) is 0 Å². The van der Waals surface area contributed by atoms with E-state index in [4.69, 9.17) is 0 Å². The van der Waals surface area contributed by atoms with Gasteiger partial charge in [0.25, 0.3) is 0 Å². The molecule has 0 spiro atoms.